The van der Waals surface area contributed by atoms with Crippen molar-refractivity contribution in [2.24, 2.45) is 0 Å². The van der Waals surface area contributed by atoms with Gasteiger partial charge in [-0.15, -0.1) is 0 Å². The lowest BCUT2D eigenvalue weighted by Crippen LogP contribution is -1.93. The molecule has 2 nitrogen and oxygen atoms in total. The van der Waals surface area contributed by atoms with Crippen molar-refractivity contribution < 1.29 is 4.42 Å². The molecule has 2 aromatic heterocycles. The molecule has 7 aromatic carbocycles. The number of hydrogen-bond donors (Lipinski definition) is 0. The van der Waals surface area contributed by atoms with Crippen molar-refractivity contribution >= 4 is 43.7 Å². The smallest absolute Gasteiger partial charge is 0.135 e. The summed E-state index contributed by atoms with van der Waals surface area (Å²) >= 11 is 0. The highest BCUT2D eigenvalue weighted by molar-refractivity contribution is 6.11. The molecule has 0 fully saturated rings. The molecule has 0 saturated carbocycles. The van der Waals surface area contributed by atoms with Crippen LogP contribution in [-0.2, 0) is 0 Å². The molecule has 9 aromatic rings. The van der Waals surface area contributed by atoms with Crippen molar-refractivity contribution in [3.8, 4) is 39.1 Å². The Kier molecular flexibility index (Phi) is 5.54. The molecule has 0 saturated heterocycles. The van der Waals surface area contributed by atoms with Gasteiger partial charge in [-0.2, -0.15) is 0 Å². The molecule has 44 heavy (non-hydrogen) atoms. The highest BCUT2D eigenvalue weighted by Crippen LogP contribution is 2.38. The Morgan fingerprint density at radius 3 is 1.43 bits per heavy atom. The fraction of sp³-hybridized carbons (Fsp3) is 0. The van der Waals surface area contributed by atoms with Gasteiger partial charge < -0.3 is 8.98 Å². The van der Waals surface area contributed by atoms with Crippen LogP contribution in [0.25, 0.3) is 82.8 Å². The fourth-order valence-corrected chi connectivity index (χ4v) is 6.63. The lowest BCUT2D eigenvalue weighted by Gasteiger charge is -2.10. The normalized spacial score (nSPS) is 11.6. The summed E-state index contributed by atoms with van der Waals surface area (Å²) in [6, 6.07) is 58.5. The quantitative estimate of drug-likeness (QED) is 0.209. The Labute approximate surface area is 255 Å². The lowest BCUT2D eigenvalue weighted by atomic mass is 9.99. The molecular weight excluding hydrogens is 534 g/mol. The third kappa shape index (κ3) is 3.96. The molecule has 0 aliphatic carbocycles. The third-order valence-electron chi connectivity index (χ3n) is 8.81. The van der Waals surface area contributed by atoms with Crippen molar-refractivity contribution in [3.63, 3.8) is 0 Å². The fourth-order valence-electron chi connectivity index (χ4n) is 6.63. The van der Waals surface area contributed by atoms with Gasteiger partial charge >= 0.3 is 0 Å². The van der Waals surface area contributed by atoms with Crippen LogP contribution in [0.15, 0.2) is 168 Å². The molecule has 0 radical (unpaired) electrons. The van der Waals surface area contributed by atoms with E-state index in [2.05, 4.69) is 168 Å². The molecule has 2 heterocycles. The summed E-state index contributed by atoms with van der Waals surface area (Å²) in [5.41, 5.74) is 12.6. The van der Waals surface area contributed by atoms with Crippen LogP contribution in [0, 0.1) is 0 Å². The van der Waals surface area contributed by atoms with Crippen LogP contribution >= 0.6 is 0 Å². The average Bonchev–Trinajstić information content (AvgIpc) is 3.63. The minimum Gasteiger partial charge on any atom is -0.456 e. The Bertz CT molecular complexity index is 2470. The zero-order valence-electron chi connectivity index (χ0n) is 23.9. The summed E-state index contributed by atoms with van der Waals surface area (Å²) in [6.45, 7) is 0. The highest BCUT2D eigenvalue weighted by atomic mass is 16.3. The van der Waals surface area contributed by atoms with Gasteiger partial charge in [-0.1, -0.05) is 109 Å². The Balaban J connectivity index is 1.17. The van der Waals surface area contributed by atoms with Crippen LogP contribution < -0.4 is 0 Å². The predicted molar refractivity (Wildman–Crippen MR) is 184 cm³/mol. The van der Waals surface area contributed by atoms with E-state index in [1.807, 2.05) is 0 Å². The number of para-hydroxylation sites is 1. The molecule has 9 rings (SSSR count). The van der Waals surface area contributed by atoms with E-state index < -0.39 is 0 Å². The van der Waals surface area contributed by atoms with Gasteiger partial charge in [0, 0.05) is 27.2 Å². The van der Waals surface area contributed by atoms with E-state index in [4.69, 9.17) is 4.42 Å². The van der Waals surface area contributed by atoms with Crippen LogP contribution in [0.2, 0.25) is 0 Å². The number of furan rings is 1. The number of aromatic nitrogens is 1. The molecular formula is C42H27NO. The Hall–Kier alpha value is -5.86. The number of hydrogen-bond acceptors (Lipinski definition) is 1. The van der Waals surface area contributed by atoms with Crippen molar-refractivity contribution in [1.29, 1.82) is 0 Å². The standard InChI is InChI=1S/C42H27NO/c1-3-9-28(10-4-1)30-15-20-34(21-16-30)43-39-14-8-7-13-35(39)36-25-32(17-22-40(36)43)33-19-24-42-38(27-33)37-26-31(18-23-41(37)44-42)29-11-5-2-6-12-29/h1-27H. The predicted octanol–water partition coefficient (Wildman–Crippen LogP) is 11.7. The summed E-state index contributed by atoms with van der Waals surface area (Å²) in [6.07, 6.45) is 0. The summed E-state index contributed by atoms with van der Waals surface area (Å²) in [7, 11) is 0. The molecule has 2 heteroatoms. The molecule has 0 atom stereocenters. The molecule has 0 bridgehead atoms. The number of nitrogens with zero attached hydrogens (tertiary/aromatic N) is 1. The largest absolute Gasteiger partial charge is 0.456 e. The number of rotatable bonds is 4. The van der Waals surface area contributed by atoms with Gasteiger partial charge in [0.05, 0.1) is 11.0 Å². The summed E-state index contributed by atoms with van der Waals surface area (Å²) in [5.74, 6) is 0. The van der Waals surface area contributed by atoms with Crippen LogP contribution in [0.5, 0.6) is 0 Å². The van der Waals surface area contributed by atoms with E-state index in [0.29, 0.717) is 0 Å². The lowest BCUT2D eigenvalue weighted by molar-refractivity contribution is 0.669. The first-order chi connectivity index (χ1) is 21.8. The maximum absolute atomic E-state index is 6.25. The van der Waals surface area contributed by atoms with Gasteiger partial charge in [0.2, 0.25) is 0 Å². The second-order valence-electron chi connectivity index (χ2n) is 11.4. The van der Waals surface area contributed by atoms with Gasteiger partial charge in [-0.05, 0) is 88.0 Å². The minimum absolute atomic E-state index is 0.908. The topological polar surface area (TPSA) is 18.1 Å². The van der Waals surface area contributed by atoms with Crippen LogP contribution in [0.4, 0.5) is 0 Å². The van der Waals surface area contributed by atoms with E-state index in [-0.39, 0.29) is 0 Å². The zero-order valence-corrected chi connectivity index (χ0v) is 23.9. The van der Waals surface area contributed by atoms with Crippen molar-refractivity contribution in [2.75, 3.05) is 0 Å². The van der Waals surface area contributed by atoms with E-state index in [1.165, 1.54) is 55.2 Å². The third-order valence-corrected chi connectivity index (χ3v) is 8.81. The monoisotopic (exact) mass is 561 g/mol. The van der Waals surface area contributed by atoms with Gasteiger partial charge in [-0.25, -0.2) is 0 Å². The van der Waals surface area contributed by atoms with Crippen LogP contribution in [0.1, 0.15) is 0 Å². The first-order valence-electron chi connectivity index (χ1n) is 15.0. The summed E-state index contributed by atoms with van der Waals surface area (Å²) in [4.78, 5) is 0. The maximum atomic E-state index is 6.25. The van der Waals surface area contributed by atoms with Gasteiger partial charge in [-0.3, -0.25) is 0 Å². The van der Waals surface area contributed by atoms with Crippen LogP contribution in [0.3, 0.4) is 0 Å². The summed E-state index contributed by atoms with van der Waals surface area (Å²) in [5, 5.41) is 4.77. The van der Waals surface area contributed by atoms with E-state index >= 15 is 0 Å². The molecule has 0 spiro atoms. The molecule has 0 aliphatic heterocycles. The SMILES string of the molecule is c1ccc(-c2ccc(-n3c4ccccc4c4cc(-c5ccc6oc7ccc(-c8ccccc8)cc7c6c5)ccc43)cc2)cc1. The number of fused-ring (bicyclic) bond motifs is 6. The second kappa shape index (κ2) is 9.86. The van der Waals surface area contributed by atoms with E-state index in [0.717, 1.165) is 27.6 Å². The minimum atomic E-state index is 0.908. The summed E-state index contributed by atoms with van der Waals surface area (Å²) < 4.78 is 8.62. The van der Waals surface area contributed by atoms with Gasteiger partial charge in [0.25, 0.3) is 0 Å². The molecule has 206 valence electrons. The number of benzene rings is 7. The second-order valence-corrected chi connectivity index (χ2v) is 11.4. The van der Waals surface area contributed by atoms with Gasteiger partial charge in [0.1, 0.15) is 11.2 Å². The average molecular weight is 562 g/mol. The van der Waals surface area contributed by atoms with E-state index in [1.54, 1.807) is 0 Å². The van der Waals surface area contributed by atoms with Crippen molar-refractivity contribution in [1.82, 2.24) is 4.57 Å². The van der Waals surface area contributed by atoms with Crippen molar-refractivity contribution in [3.05, 3.63) is 164 Å². The van der Waals surface area contributed by atoms with Gasteiger partial charge in [0.15, 0.2) is 0 Å². The molecule has 0 amide bonds. The zero-order chi connectivity index (χ0) is 29.0. The van der Waals surface area contributed by atoms with Crippen molar-refractivity contribution in [2.45, 2.75) is 0 Å². The Morgan fingerprint density at radius 1 is 0.318 bits per heavy atom. The highest BCUT2D eigenvalue weighted by Gasteiger charge is 2.15. The molecule has 0 unspecified atom stereocenters. The maximum Gasteiger partial charge on any atom is 0.135 e. The Morgan fingerprint density at radius 2 is 0.773 bits per heavy atom. The molecule has 0 N–H and O–H groups in total. The first kappa shape index (κ1) is 24.7. The van der Waals surface area contributed by atoms with E-state index in [9.17, 15) is 0 Å². The molecule has 0 aliphatic rings. The van der Waals surface area contributed by atoms with Crippen LogP contribution in [-0.4, -0.2) is 4.57 Å². The first-order valence-corrected chi connectivity index (χ1v) is 15.0.